The largest absolute Gasteiger partial charge is 0.507 e. The molecule has 0 saturated heterocycles. The summed E-state index contributed by atoms with van der Waals surface area (Å²) in [6, 6.07) is 13.8. The predicted octanol–water partition coefficient (Wildman–Crippen LogP) is 6.44. The Hall–Kier alpha value is -2.79. The van der Waals surface area contributed by atoms with Gasteiger partial charge in [-0.05, 0) is 42.5 Å². The highest BCUT2D eigenvalue weighted by atomic mass is 32.1. The fourth-order valence-corrected chi connectivity index (χ4v) is 4.04. The van der Waals surface area contributed by atoms with Gasteiger partial charge in [-0.25, -0.2) is 4.98 Å². The van der Waals surface area contributed by atoms with Gasteiger partial charge in [0.2, 0.25) is 0 Å². The van der Waals surface area contributed by atoms with Crippen LogP contribution in [0, 0.1) is 6.92 Å². The Morgan fingerprint density at radius 3 is 2.76 bits per heavy atom. The number of fused-ring (bicyclic) bond motifs is 2. The summed E-state index contributed by atoms with van der Waals surface area (Å²) in [5.41, 5.74) is 1.80. The summed E-state index contributed by atoms with van der Waals surface area (Å²) >= 11 is 1.63. The fourth-order valence-electron chi connectivity index (χ4n) is 3.00. The fraction of sp³-hybridized carbons (Fsp3) is 0.150. The molecule has 0 unspecified atom stereocenters. The zero-order chi connectivity index (χ0) is 17.4. The van der Waals surface area contributed by atoms with Crippen LogP contribution in [-0.2, 0) is 6.42 Å². The third kappa shape index (κ3) is 2.76. The quantitative estimate of drug-likeness (QED) is 0.433. The van der Waals surface area contributed by atoms with Gasteiger partial charge >= 0.3 is 0 Å². The van der Waals surface area contributed by atoms with Crippen molar-refractivity contribution in [3.63, 3.8) is 0 Å². The first-order chi connectivity index (χ1) is 12.2. The summed E-state index contributed by atoms with van der Waals surface area (Å²) in [6.45, 7) is 4.08. The van der Waals surface area contributed by atoms with Crippen LogP contribution in [0.3, 0.4) is 0 Å². The van der Waals surface area contributed by atoms with E-state index in [2.05, 4.69) is 22.1 Å². The lowest BCUT2D eigenvalue weighted by Crippen LogP contribution is -1.83. The van der Waals surface area contributed by atoms with Crippen molar-refractivity contribution in [3.05, 3.63) is 59.1 Å². The Morgan fingerprint density at radius 2 is 1.92 bits per heavy atom. The molecule has 2 aromatic heterocycles. The normalized spacial score (nSPS) is 11.8. The number of aromatic nitrogens is 1. The van der Waals surface area contributed by atoms with E-state index >= 15 is 0 Å². The van der Waals surface area contributed by atoms with E-state index < -0.39 is 0 Å². The first-order valence-corrected chi connectivity index (χ1v) is 8.99. The minimum absolute atomic E-state index is 0.304. The van der Waals surface area contributed by atoms with Crippen LogP contribution in [0.1, 0.15) is 17.4 Å². The van der Waals surface area contributed by atoms with E-state index in [0.29, 0.717) is 11.6 Å². The van der Waals surface area contributed by atoms with Crippen molar-refractivity contribution in [3.8, 4) is 5.75 Å². The standard InChI is InChI=1S/C20H17N3OS/c1-3-13-11-17(24)16-10-12(2)25-19(16)18(13)22-23-20-15-7-5-4-6-14(15)8-9-21-20/h4-11,24H,3H2,1-2H3. The summed E-state index contributed by atoms with van der Waals surface area (Å²) in [4.78, 5) is 5.51. The molecule has 4 rings (SSSR count). The van der Waals surface area contributed by atoms with Gasteiger partial charge in [0.05, 0.1) is 4.70 Å². The van der Waals surface area contributed by atoms with E-state index in [1.165, 1.54) is 0 Å². The van der Waals surface area contributed by atoms with Gasteiger partial charge < -0.3 is 5.11 Å². The molecule has 0 aliphatic carbocycles. The van der Waals surface area contributed by atoms with Crippen molar-refractivity contribution >= 4 is 43.7 Å². The van der Waals surface area contributed by atoms with Crippen molar-refractivity contribution in [2.24, 2.45) is 10.2 Å². The number of nitrogens with zero attached hydrogens (tertiary/aromatic N) is 3. The molecule has 5 heteroatoms. The lowest BCUT2D eigenvalue weighted by molar-refractivity contribution is 0.481. The van der Waals surface area contributed by atoms with Gasteiger partial charge in [-0.15, -0.1) is 21.6 Å². The van der Waals surface area contributed by atoms with Crippen molar-refractivity contribution in [1.29, 1.82) is 0 Å². The van der Waals surface area contributed by atoms with Crippen molar-refractivity contribution in [2.45, 2.75) is 20.3 Å². The summed E-state index contributed by atoms with van der Waals surface area (Å²) in [5, 5.41) is 22.1. The summed E-state index contributed by atoms with van der Waals surface area (Å²) in [5.74, 6) is 0.910. The zero-order valence-corrected chi connectivity index (χ0v) is 14.8. The number of benzene rings is 2. The molecule has 4 nitrogen and oxygen atoms in total. The molecule has 0 aliphatic heterocycles. The number of hydrogen-bond acceptors (Lipinski definition) is 5. The van der Waals surface area contributed by atoms with Gasteiger partial charge in [0.15, 0.2) is 5.82 Å². The molecule has 1 N–H and O–H groups in total. The number of hydrogen-bond donors (Lipinski definition) is 1. The summed E-state index contributed by atoms with van der Waals surface area (Å²) in [6.07, 6.45) is 2.52. The molecule has 2 aromatic carbocycles. The van der Waals surface area contributed by atoms with E-state index in [1.807, 2.05) is 43.3 Å². The Bertz CT molecular complexity index is 1110. The molecular weight excluding hydrogens is 330 g/mol. The highest BCUT2D eigenvalue weighted by Crippen LogP contribution is 2.42. The third-order valence-corrected chi connectivity index (χ3v) is 5.30. The van der Waals surface area contributed by atoms with E-state index in [1.54, 1.807) is 23.6 Å². The average molecular weight is 347 g/mol. The van der Waals surface area contributed by atoms with Crippen LogP contribution in [0.15, 0.2) is 58.9 Å². The van der Waals surface area contributed by atoms with E-state index in [0.717, 1.165) is 43.4 Å². The molecule has 25 heavy (non-hydrogen) atoms. The third-order valence-electron chi connectivity index (χ3n) is 4.24. The van der Waals surface area contributed by atoms with Gasteiger partial charge in [-0.2, -0.15) is 0 Å². The molecule has 0 amide bonds. The second kappa shape index (κ2) is 6.26. The van der Waals surface area contributed by atoms with Crippen LogP contribution < -0.4 is 0 Å². The first kappa shape index (κ1) is 15.7. The topological polar surface area (TPSA) is 57.8 Å². The second-order valence-corrected chi connectivity index (χ2v) is 7.17. The zero-order valence-electron chi connectivity index (χ0n) is 14.0. The number of phenols is 1. The molecule has 0 aliphatic rings. The van der Waals surface area contributed by atoms with Crippen molar-refractivity contribution < 1.29 is 5.11 Å². The molecular formula is C20H17N3OS. The minimum atomic E-state index is 0.304. The Balaban J connectivity index is 1.90. The predicted molar refractivity (Wildman–Crippen MR) is 104 cm³/mol. The summed E-state index contributed by atoms with van der Waals surface area (Å²) < 4.78 is 0.971. The molecule has 0 saturated carbocycles. The van der Waals surface area contributed by atoms with Gasteiger partial charge in [0.1, 0.15) is 11.4 Å². The molecule has 0 atom stereocenters. The molecule has 124 valence electrons. The maximum Gasteiger partial charge on any atom is 0.182 e. The van der Waals surface area contributed by atoms with Crippen molar-refractivity contribution in [1.82, 2.24) is 4.98 Å². The SMILES string of the molecule is CCc1cc(O)c2cc(C)sc2c1N=Nc1nccc2ccccc12. The average Bonchev–Trinajstić information content (AvgIpc) is 3.03. The van der Waals surface area contributed by atoms with E-state index in [-0.39, 0.29) is 0 Å². The van der Waals surface area contributed by atoms with Crippen LogP contribution in [0.25, 0.3) is 20.9 Å². The van der Waals surface area contributed by atoms with Gasteiger partial charge in [-0.3, -0.25) is 0 Å². The number of phenolic OH excluding ortho intramolecular Hbond substituents is 1. The van der Waals surface area contributed by atoms with Gasteiger partial charge in [0.25, 0.3) is 0 Å². The number of aromatic hydroxyl groups is 1. The monoisotopic (exact) mass is 347 g/mol. The Labute approximate surface area is 149 Å². The first-order valence-electron chi connectivity index (χ1n) is 8.18. The van der Waals surface area contributed by atoms with E-state index in [4.69, 9.17) is 0 Å². The maximum atomic E-state index is 10.3. The Kier molecular flexibility index (Phi) is 3.93. The molecule has 0 bridgehead atoms. The van der Waals surface area contributed by atoms with Crippen LogP contribution >= 0.6 is 11.3 Å². The molecule has 4 aromatic rings. The molecule has 0 radical (unpaired) electrons. The number of rotatable bonds is 3. The lowest BCUT2D eigenvalue weighted by atomic mass is 10.1. The number of pyridine rings is 1. The van der Waals surface area contributed by atoms with Crippen LogP contribution in [0.2, 0.25) is 0 Å². The molecule has 0 spiro atoms. The number of thiophene rings is 1. The smallest absolute Gasteiger partial charge is 0.182 e. The summed E-state index contributed by atoms with van der Waals surface area (Å²) in [7, 11) is 0. The number of azo groups is 1. The van der Waals surface area contributed by atoms with Crippen LogP contribution in [-0.4, -0.2) is 10.1 Å². The van der Waals surface area contributed by atoms with Gasteiger partial charge in [0, 0.05) is 21.8 Å². The molecule has 0 fully saturated rings. The van der Waals surface area contributed by atoms with E-state index in [9.17, 15) is 5.11 Å². The van der Waals surface area contributed by atoms with Crippen molar-refractivity contribution in [2.75, 3.05) is 0 Å². The lowest BCUT2D eigenvalue weighted by Gasteiger charge is -2.06. The highest BCUT2D eigenvalue weighted by Gasteiger charge is 2.13. The molecule has 2 heterocycles. The van der Waals surface area contributed by atoms with Gasteiger partial charge in [-0.1, -0.05) is 31.2 Å². The van der Waals surface area contributed by atoms with Crippen LogP contribution in [0.4, 0.5) is 11.5 Å². The van der Waals surface area contributed by atoms with Crippen LogP contribution in [0.5, 0.6) is 5.75 Å². The number of aryl methyl sites for hydroxylation is 2. The highest BCUT2D eigenvalue weighted by molar-refractivity contribution is 7.19. The minimum Gasteiger partial charge on any atom is -0.507 e. The Morgan fingerprint density at radius 1 is 1.08 bits per heavy atom. The second-order valence-electron chi connectivity index (χ2n) is 5.91. The maximum absolute atomic E-state index is 10.3.